The molecule has 0 aliphatic heterocycles. The molecule has 3 N–H and O–H groups in total. The highest BCUT2D eigenvalue weighted by molar-refractivity contribution is 5.78. The lowest BCUT2D eigenvalue weighted by Gasteiger charge is -2.28. The van der Waals surface area contributed by atoms with Crippen LogP contribution in [-0.2, 0) is 4.79 Å². The van der Waals surface area contributed by atoms with Gasteiger partial charge in [-0.25, -0.2) is 0 Å². The van der Waals surface area contributed by atoms with Crippen LogP contribution in [0.25, 0.3) is 0 Å². The summed E-state index contributed by atoms with van der Waals surface area (Å²) in [7, 11) is 0. The molecule has 2 saturated carbocycles. The van der Waals surface area contributed by atoms with E-state index in [1.807, 2.05) is 0 Å². The van der Waals surface area contributed by atoms with Gasteiger partial charge in [0.05, 0.1) is 0 Å². The van der Waals surface area contributed by atoms with E-state index in [0.717, 1.165) is 50.5 Å². The highest BCUT2D eigenvalue weighted by Crippen LogP contribution is 2.30. The number of nitrogens with two attached hydrogens (primary N) is 1. The van der Waals surface area contributed by atoms with Crippen LogP contribution in [0.1, 0.15) is 64.7 Å². The van der Waals surface area contributed by atoms with Crippen LogP contribution in [0.3, 0.4) is 0 Å². The summed E-state index contributed by atoms with van der Waals surface area (Å²) in [6.45, 7) is 3.22. The Kier molecular flexibility index (Phi) is 5.68. The van der Waals surface area contributed by atoms with Gasteiger partial charge < -0.3 is 11.1 Å². The van der Waals surface area contributed by atoms with E-state index < -0.39 is 0 Å². The Morgan fingerprint density at radius 3 is 2.68 bits per heavy atom. The lowest BCUT2D eigenvalue weighted by Crippen LogP contribution is -2.38. The molecule has 0 aromatic carbocycles. The lowest BCUT2D eigenvalue weighted by atomic mass is 9.81. The fourth-order valence-electron chi connectivity index (χ4n) is 3.83. The Hall–Kier alpha value is -0.570. The smallest absolute Gasteiger partial charge is 0.223 e. The molecule has 4 atom stereocenters. The van der Waals surface area contributed by atoms with Crippen molar-refractivity contribution in [2.24, 2.45) is 23.5 Å². The molecule has 2 fully saturated rings. The van der Waals surface area contributed by atoms with Crippen LogP contribution in [0, 0.1) is 17.8 Å². The van der Waals surface area contributed by atoms with Crippen molar-refractivity contribution in [2.75, 3.05) is 6.54 Å². The van der Waals surface area contributed by atoms with Crippen LogP contribution in [-0.4, -0.2) is 18.5 Å². The predicted molar refractivity (Wildman–Crippen MR) is 78.7 cm³/mol. The molecule has 1 amide bonds. The van der Waals surface area contributed by atoms with Crippen molar-refractivity contribution in [3.8, 4) is 0 Å². The van der Waals surface area contributed by atoms with Gasteiger partial charge in [0.15, 0.2) is 0 Å². The third kappa shape index (κ3) is 4.79. The predicted octanol–water partition coefficient (Wildman–Crippen LogP) is 2.84. The molecular weight excluding hydrogens is 236 g/mol. The molecule has 0 aromatic heterocycles. The number of hydrogen-bond donors (Lipinski definition) is 2. The van der Waals surface area contributed by atoms with Crippen LogP contribution in [0.2, 0.25) is 0 Å². The van der Waals surface area contributed by atoms with E-state index in [4.69, 9.17) is 5.73 Å². The van der Waals surface area contributed by atoms with Gasteiger partial charge in [0.2, 0.25) is 5.91 Å². The molecule has 0 radical (unpaired) electrons. The van der Waals surface area contributed by atoms with Crippen molar-refractivity contribution in [3.05, 3.63) is 0 Å². The first kappa shape index (κ1) is 14.8. The van der Waals surface area contributed by atoms with E-state index in [9.17, 15) is 4.79 Å². The van der Waals surface area contributed by atoms with Gasteiger partial charge in [-0.2, -0.15) is 0 Å². The fourth-order valence-corrected chi connectivity index (χ4v) is 3.83. The number of amides is 1. The van der Waals surface area contributed by atoms with Gasteiger partial charge in [-0.3, -0.25) is 4.79 Å². The van der Waals surface area contributed by atoms with Gasteiger partial charge in [0, 0.05) is 18.5 Å². The van der Waals surface area contributed by atoms with Crippen LogP contribution >= 0.6 is 0 Å². The normalized spacial score (nSPS) is 35.9. The molecule has 0 bridgehead atoms. The third-order valence-corrected chi connectivity index (χ3v) is 4.98. The van der Waals surface area contributed by atoms with Crippen molar-refractivity contribution in [1.82, 2.24) is 5.32 Å². The third-order valence-electron chi connectivity index (χ3n) is 4.98. The molecule has 2 rings (SSSR count). The Bertz CT molecular complexity index is 292. The summed E-state index contributed by atoms with van der Waals surface area (Å²) >= 11 is 0. The average Bonchev–Trinajstić information content (AvgIpc) is 2.38. The van der Waals surface area contributed by atoms with Gasteiger partial charge in [-0.1, -0.05) is 32.6 Å². The van der Waals surface area contributed by atoms with E-state index in [1.165, 1.54) is 25.7 Å². The summed E-state index contributed by atoms with van der Waals surface area (Å²) in [5.74, 6) is 2.14. The van der Waals surface area contributed by atoms with Gasteiger partial charge in [-0.05, 0) is 43.9 Å². The van der Waals surface area contributed by atoms with E-state index >= 15 is 0 Å². The highest BCUT2D eigenvalue weighted by Gasteiger charge is 2.25. The second-order valence-corrected chi connectivity index (χ2v) is 6.84. The molecule has 0 aromatic rings. The summed E-state index contributed by atoms with van der Waals surface area (Å²) in [5, 5.41) is 3.14. The first-order chi connectivity index (χ1) is 9.15. The number of carbonyl (C=O) groups excluding carboxylic acids is 1. The van der Waals surface area contributed by atoms with E-state index in [0.29, 0.717) is 0 Å². The molecule has 0 saturated heterocycles. The van der Waals surface area contributed by atoms with Crippen molar-refractivity contribution >= 4 is 5.91 Å². The zero-order valence-electron chi connectivity index (χ0n) is 12.4. The maximum atomic E-state index is 12.1. The van der Waals surface area contributed by atoms with E-state index in [2.05, 4.69) is 12.2 Å². The molecule has 3 heteroatoms. The standard InChI is InChI=1S/C16H30N2O/c1-12-4-2-5-13(10-12)8-9-18-16(19)14-6-3-7-15(17)11-14/h12-15H,2-11,17H2,1H3,(H,18,19). The molecule has 19 heavy (non-hydrogen) atoms. The average molecular weight is 266 g/mol. The van der Waals surface area contributed by atoms with Crippen molar-refractivity contribution < 1.29 is 4.79 Å². The van der Waals surface area contributed by atoms with Gasteiger partial charge >= 0.3 is 0 Å². The van der Waals surface area contributed by atoms with Crippen molar-refractivity contribution in [3.63, 3.8) is 0 Å². The van der Waals surface area contributed by atoms with E-state index in [-0.39, 0.29) is 17.9 Å². The van der Waals surface area contributed by atoms with Crippen molar-refractivity contribution in [1.29, 1.82) is 0 Å². The molecule has 2 aliphatic carbocycles. The number of nitrogens with one attached hydrogen (secondary N) is 1. The summed E-state index contributed by atoms with van der Waals surface area (Å²) < 4.78 is 0. The Labute approximate surface area is 117 Å². The summed E-state index contributed by atoms with van der Waals surface area (Å²) in [6.07, 6.45) is 10.7. The number of carbonyl (C=O) groups is 1. The van der Waals surface area contributed by atoms with E-state index in [1.54, 1.807) is 0 Å². The maximum Gasteiger partial charge on any atom is 0.223 e. The monoisotopic (exact) mass is 266 g/mol. The fraction of sp³-hybridized carbons (Fsp3) is 0.938. The minimum Gasteiger partial charge on any atom is -0.356 e. The Morgan fingerprint density at radius 1 is 1.16 bits per heavy atom. The maximum absolute atomic E-state index is 12.1. The Balaban J connectivity index is 1.63. The largest absolute Gasteiger partial charge is 0.356 e. The molecule has 4 unspecified atom stereocenters. The Morgan fingerprint density at radius 2 is 1.95 bits per heavy atom. The number of rotatable bonds is 4. The highest BCUT2D eigenvalue weighted by atomic mass is 16.1. The number of hydrogen-bond acceptors (Lipinski definition) is 2. The van der Waals surface area contributed by atoms with Crippen molar-refractivity contribution in [2.45, 2.75) is 70.8 Å². The quantitative estimate of drug-likeness (QED) is 0.822. The van der Waals surface area contributed by atoms with Crippen LogP contribution in [0.4, 0.5) is 0 Å². The first-order valence-electron chi connectivity index (χ1n) is 8.18. The molecule has 0 heterocycles. The first-order valence-corrected chi connectivity index (χ1v) is 8.18. The molecule has 3 nitrogen and oxygen atoms in total. The minimum atomic E-state index is 0.175. The van der Waals surface area contributed by atoms with Crippen LogP contribution < -0.4 is 11.1 Å². The van der Waals surface area contributed by atoms with Crippen LogP contribution in [0.5, 0.6) is 0 Å². The molecule has 0 spiro atoms. The summed E-state index contributed by atoms with van der Waals surface area (Å²) in [5.41, 5.74) is 5.94. The molecular formula is C16H30N2O. The zero-order valence-corrected chi connectivity index (χ0v) is 12.4. The molecule has 2 aliphatic rings. The minimum absolute atomic E-state index is 0.175. The summed E-state index contributed by atoms with van der Waals surface area (Å²) in [4.78, 5) is 12.1. The van der Waals surface area contributed by atoms with Crippen LogP contribution in [0.15, 0.2) is 0 Å². The summed E-state index contributed by atoms with van der Waals surface area (Å²) in [6, 6.07) is 0.240. The second kappa shape index (κ2) is 7.28. The lowest BCUT2D eigenvalue weighted by molar-refractivity contribution is -0.126. The van der Waals surface area contributed by atoms with Gasteiger partial charge in [0.25, 0.3) is 0 Å². The molecule has 110 valence electrons. The van der Waals surface area contributed by atoms with Gasteiger partial charge in [-0.15, -0.1) is 0 Å². The second-order valence-electron chi connectivity index (χ2n) is 6.84. The zero-order chi connectivity index (χ0) is 13.7. The topological polar surface area (TPSA) is 55.1 Å². The van der Waals surface area contributed by atoms with Gasteiger partial charge in [0.1, 0.15) is 0 Å². The SMILES string of the molecule is CC1CCCC(CCNC(=O)C2CCCC(N)C2)C1.